The fourth-order valence-corrected chi connectivity index (χ4v) is 4.35. The fourth-order valence-electron chi connectivity index (χ4n) is 3.34. The summed E-state index contributed by atoms with van der Waals surface area (Å²) < 4.78 is 5.04. The quantitative estimate of drug-likeness (QED) is 0.382. The standard InChI is InChI=1S/C25H25NO6S/c1-3-14-26(23(29)19-9-4-16(2)5-10-19)20-15-21(33-24(20)32-25(30)31)18-11-6-17(7-12-18)8-13-22(27)28/h4-7,9-12,15H,3,8,13-14H2,1-2H3,(H,27,28)(H,30,31). The number of anilines is 1. The molecular formula is C25H25NO6S. The van der Waals surface area contributed by atoms with Gasteiger partial charge < -0.3 is 19.8 Å². The second-order valence-corrected chi connectivity index (χ2v) is 8.58. The van der Waals surface area contributed by atoms with Gasteiger partial charge in [-0.2, -0.15) is 0 Å². The third kappa shape index (κ3) is 6.20. The van der Waals surface area contributed by atoms with Crippen LogP contribution in [0.3, 0.4) is 0 Å². The molecule has 0 saturated heterocycles. The number of aryl methyl sites for hydroxylation is 2. The Bertz CT molecular complexity index is 1130. The number of hydrogen-bond acceptors (Lipinski definition) is 5. The number of aliphatic carboxylic acids is 1. The zero-order valence-electron chi connectivity index (χ0n) is 18.4. The highest BCUT2D eigenvalue weighted by molar-refractivity contribution is 7.18. The van der Waals surface area contributed by atoms with Crippen LogP contribution in [0.5, 0.6) is 5.06 Å². The van der Waals surface area contributed by atoms with Crippen molar-refractivity contribution in [2.24, 2.45) is 0 Å². The van der Waals surface area contributed by atoms with E-state index in [-0.39, 0.29) is 17.4 Å². The maximum Gasteiger partial charge on any atom is 0.512 e. The second kappa shape index (κ2) is 10.8. The molecule has 3 aromatic rings. The van der Waals surface area contributed by atoms with Crippen molar-refractivity contribution in [2.45, 2.75) is 33.1 Å². The number of carboxylic acids is 1. The van der Waals surface area contributed by atoms with E-state index in [1.165, 1.54) is 0 Å². The van der Waals surface area contributed by atoms with Crippen molar-refractivity contribution in [2.75, 3.05) is 11.4 Å². The van der Waals surface area contributed by atoms with Gasteiger partial charge in [0.1, 0.15) is 0 Å². The highest BCUT2D eigenvalue weighted by atomic mass is 32.1. The van der Waals surface area contributed by atoms with E-state index in [0.29, 0.717) is 30.6 Å². The summed E-state index contributed by atoms with van der Waals surface area (Å²) >= 11 is 1.14. The first kappa shape index (κ1) is 24.0. The van der Waals surface area contributed by atoms with E-state index in [1.54, 1.807) is 23.1 Å². The first-order valence-electron chi connectivity index (χ1n) is 10.5. The summed E-state index contributed by atoms with van der Waals surface area (Å²) in [5.41, 5.74) is 3.65. The van der Waals surface area contributed by atoms with Gasteiger partial charge in [0.25, 0.3) is 5.91 Å². The molecule has 0 unspecified atom stereocenters. The van der Waals surface area contributed by atoms with Crippen LogP contribution in [0, 0.1) is 6.92 Å². The summed E-state index contributed by atoms with van der Waals surface area (Å²) in [5, 5.41) is 18.2. The number of nitrogens with zero attached hydrogens (tertiary/aromatic N) is 1. The molecule has 1 aromatic heterocycles. The third-order valence-corrected chi connectivity index (χ3v) is 6.06. The molecule has 0 saturated carbocycles. The predicted molar refractivity (Wildman–Crippen MR) is 128 cm³/mol. The smallest absolute Gasteiger partial charge is 0.481 e. The number of thiophene rings is 1. The number of amides is 1. The molecule has 2 N–H and O–H groups in total. The summed E-state index contributed by atoms with van der Waals surface area (Å²) in [7, 11) is 0. The van der Waals surface area contributed by atoms with Crippen molar-refractivity contribution in [3.05, 3.63) is 71.3 Å². The van der Waals surface area contributed by atoms with Gasteiger partial charge in [0.15, 0.2) is 0 Å². The zero-order chi connectivity index (χ0) is 24.0. The topological polar surface area (TPSA) is 104 Å². The van der Waals surface area contributed by atoms with Crippen molar-refractivity contribution in [3.8, 4) is 15.5 Å². The Morgan fingerprint density at radius 3 is 2.24 bits per heavy atom. The van der Waals surface area contributed by atoms with Crippen molar-refractivity contribution in [1.82, 2.24) is 0 Å². The molecule has 0 aliphatic rings. The molecule has 0 aliphatic carbocycles. The van der Waals surface area contributed by atoms with E-state index in [2.05, 4.69) is 0 Å². The number of carbonyl (C=O) groups is 3. The van der Waals surface area contributed by atoms with Crippen LogP contribution in [0.25, 0.3) is 10.4 Å². The van der Waals surface area contributed by atoms with Gasteiger partial charge in [-0.15, -0.1) is 0 Å². The number of carboxylic acid groups (broad SMARTS) is 2. The van der Waals surface area contributed by atoms with Gasteiger partial charge in [-0.25, -0.2) is 4.79 Å². The average molecular weight is 468 g/mol. The highest BCUT2D eigenvalue weighted by Crippen LogP contribution is 2.43. The van der Waals surface area contributed by atoms with Crippen LogP contribution in [0.2, 0.25) is 0 Å². The predicted octanol–water partition coefficient (Wildman–Crippen LogP) is 5.85. The summed E-state index contributed by atoms with van der Waals surface area (Å²) in [5.74, 6) is -1.09. The zero-order valence-corrected chi connectivity index (χ0v) is 19.2. The Labute approximate surface area is 195 Å². The molecule has 0 aliphatic heterocycles. The molecule has 0 atom stereocenters. The molecule has 0 radical (unpaired) electrons. The van der Waals surface area contributed by atoms with E-state index in [9.17, 15) is 19.5 Å². The number of benzene rings is 2. The summed E-state index contributed by atoms with van der Waals surface area (Å²) in [6.45, 7) is 4.28. The molecule has 33 heavy (non-hydrogen) atoms. The van der Waals surface area contributed by atoms with E-state index < -0.39 is 12.1 Å². The van der Waals surface area contributed by atoms with Crippen LogP contribution >= 0.6 is 11.3 Å². The maximum atomic E-state index is 13.3. The van der Waals surface area contributed by atoms with Crippen molar-refractivity contribution >= 4 is 35.1 Å². The minimum Gasteiger partial charge on any atom is -0.481 e. The summed E-state index contributed by atoms with van der Waals surface area (Å²) in [6, 6.07) is 16.4. The number of carbonyl (C=O) groups excluding carboxylic acids is 1. The van der Waals surface area contributed by atoms with E-state index in [0.717, 1.165) is 32.9 Å². The highest BCUT2D eigenvalue weighted by Gasteiger charge is 2.25. The van der Waals surface area contributed by atoms with Gasteiger partial charge >= 0.3 is 12.1 Å². The first-order valence-corrected chi connectivity index (χ1v) is 11.3. The van der Waals surface area contributed by atoms with E-state index >= 15 is 0 Å². The number of hydrogen-bond donors (Lipinski definition) is 2. The monoisotopic (exact) mass is 467 g/mol. The molecular weight excluding hydrogens is 442 g/mol. The lowest BCUT2D eigenvalue weighted by Gasteiger charge is -2.22. The van der Waals surface area contributed by atoms with Crippen LogP contribution in [0.4, 0.5) is 10.5 Å². The fraction of sp³-hybridized carbons (Fsp3) is 0.240. The second-order valence-electron chi connectivity index (χ2n) is 7.56. The lowest BCUT2D eigenvalue weighted by atomic mass is 10.1. The molecule has 1 heterocycles. The van der Waals surface area contributed by atoms with Gasteiger partial charge in [0, 0.05) is 23.4 Å². The average Bonchev–Trinajstić information content (AvgIpc) is 3.19. The number of ether oxygens (including phenoxy) is 1. The third-order valence-electron chi connectivity index (χ3n) is 5.01. The Morgan fingerprint density at radius 1 is 1.00 bits per heavy atom. The van der Waals surface area contributed by atoms with E-state index in [1.807, 2.05) is 50.2 Å². The van der Waals surface area contributed by atoms with Crippen LogP contribution in [-0.4, -0.2) is 34.8 Å². The maximum absolute atomic E-state index is 13.3. The van der Waals surface area contributed by atoms with Gasteiger partial charge in [0.05, 0.1) is 5.69 Å². The Kier molecular flexibility index (Phi) is 7.84. The van der Waals surface area contributed by atoms with Crippen LogP contribution in [0.15, 0.2) is 54.6 Å². The summed E-state index contributed by atoms with van der Waals surface area (Å²) in [6.07, 6.45) is -0.304. The molecule has 0 bridgehead atoms. The largest absolute Gasteiger partial charge is 0.512 e. The molecule has 2 aromatic carbocycles. The normalized spacial score (nSPS) is 10.6. The van der Waals surface area contributed by atoms with Crippen LogP contribution in [0.1, 0.15) is 41.3 Å². The molecule has 1 amide bonds. The van der Waals surface area contributed by atoms with Crippen LogP contribution in [-0.2, 0) is 11.2 Å². The molecule has 0 spiro atoms. The number of rotatable bonds is 9. The minimum absolute atomic E-state index is 0.0478. The van der Waals surface area contributed by atoms with Crippen LogP contribution < -0.4 is 9.64 Å². The minimum atomic E-state index is -1.45. The first-order chi connectivity index (χ1) is 15.8. The SMILES string of the molecule is CCCN(C(=O)c1ccc(C)cc1)c1cc(-c2ccc(CCC(=O)O)cc2)sc1OC(=O)O. The van der Waals surface area contributed by atoms with Gasteiger partial charge in [0.2, 0.25) is 5.06 Å². The van der Waals surface area contributed by atoms with Crippen molar-refractivity contribution in [3.63, 3.8) is 0 Å². The molecule has 172 valence electrons. The van der Waals surface area contributed by atoms with Crippen molar-refractivity contribution < 1.29 is 29.3 Å². The Morgan fingerprint density at radius 2 is 1.67 bits per heavy atom. The van der Waals surface area contributed by atoms with Gasteiger partial charge in [-0.3, -0.25) is 9.59 Å². The molecule has 3 rings (SSSR count). The van der Waals surface area contributed by atoms with Gasteiger partial charge in [-0.05, 0) is 49.1 Å². The lowest BCUT2D eigenvalue weighted by Crippen LogP contribution is -2.31. The lowest BCUT2D eigenvalue weighted by molar-refractivity contribution is -0.136. The summed E-state index contributed by atoms with van der Waals surface area (Å²) in [4.78, 5) is 37.7. The van der Waals surface area contributed by atoms with Gasteiger partial charge in [-0.1, -0.05) is 60.2 Å². The molecule has 7 nitrogen and oxygen atoms in total. The Hall–Kier alpha value is -3.65. The molecule has 8 heteroatoms. The molecule has 0 fully saturated rings. The van der Waals surface area contributed by atoms with Crippen molar-refractivity contribution in [1.29, 1.82) is 0 Å². The Balaban J connectivity index is 1.97. The van der Waals surface area contributed by atoms with E-state index in [4.69, 9.17) is 9.84 Å².